The predicted molar refractivity (Wildman–Crippen MR) is 141 cm³/mol. The summed E-state index contributed by atoms with van der Waals surface area (Å²) in [6.07, 6.45) is 0. The van der Waals surface area contributed by atoms with Crippen molar-refractivity contribution in [2.24, 2.45) is 0 Å². The Balaban J connectivity index is 1.67. The lowest BCUT2D eigenvalue weighted by Gasteiger charge is -2.32. The first kappa shape index (κ1) is 22.3. The molecule has 0 spiro atoms. The van der Waals surface area contributed by atoms with E-state index in [1.807, 2.05) is 36.4 Å². The van der Waals surface area contributed by atoms with Crippen LogP contribution in [0.1, 0.15) is 15.9 Å². The Bertz CT molecular complexity index is 1360. The lowest BCUT2D eigenvalue weighted by Crippen LogP contribution is -2.30. The first-order chi connectivity index (χ1) is 16.5. The minimum absolute atomic E-state index is 0.0786. The molecule has 170 valence electrons. The van der Waals surface area contributed by atoms with Gasteiger partial charge in [0.2, 0.25) is 0 Å². The minimum Gasteiger partial charge on any atom is -0.478 e. The second-order valence-electron chi connectivity index (χ2n) is 8.02. The van der Waals surface area contributed by atoms with Crippen molar-refractivity contribution in [3.8, 4) is 11.1 Å². The summed E-state index contributed by atoms with van der Waals surface area (Å²) in [6, 6.07) is 27.7. The van der Waals surface area contributed by atoms with E-state index < -0.39 is 5.97 Å². The molecule has 1 aliphatic heterocycles. The fraction of sp³-hybridized carbons (Fsp3) is 0.0741. The van der Waals surface area contributed by atoms with Gasteiger partial charge in [-0.3, -0.25) is 0 Å². The molecule has 4 aromatic carbocycles. The lowest BCUT2D eigenvalue weighted by molar-refractivity contribution is 0.0697. The van der Waals surface area contributed by atoms with Crippen molar-refractivity contribution in [3.63, 3.8) is 0 Å². The highest BCUT2D eigenvalue weighted by atomic mass is 35.5. The third-order valence-electron chi connectivity index (χ3n) is 5.70. The maximum atomic E-state index is 11.7. The smallest absolute Gasteiger partial charge is 0.337 e. The molecule has 0 unspecified atom stereocenters. The number of aromatic carboxylic acids is 1. The number of fused-ring (bicyclic) bond motifs is 1. The summed E-state index contributed by atoms with van der Waals surface area (Å²) in [5, 5.41) is 13.4. The normalized spacial score (nSPS) is 12.8. The second-order valence-corrected chi connectivity index (χ2v) is 9.36. The summed E-state index contributed by atoms with van der Waals surface area (Å²) >= 11 is 7.71. The van der Waals surface area contributed by atoms with Gasteiger partial charge in [-0.05, 0) is 73.0 Å². The minimum atomic E-state index is -1.05. The molecule has 0 aliphatic carbocycles. The molecule has 3 N–H and O–H groups in total. The molecular formula is C27H22ClN3O2S. The van der Waals surface area contributed by atoms with Crippen LogP contribution in [0.25, 0.3) is 11.1 Å². The van der Waals surface area contributed by atoms with Crippen molar-refractivity contribution < 1.29 is 9.90 Å². The maximum absolute atomic E-state index is 11.7. The molecule has 0 fully saturated rings. The molecule has 5 rings (SSSR count). The zero-order valence-corrected chi connectivity index (χ0v) is 20.0. The molecule has 0 bridgehead atoms. The van der Waals surface area contributed by atoms with E-state index in [9.17, 15) is 9.90 Å². The zero-order valence-electron chi connectivity index (χ0n) is 18.4. The van der Waals surface area contributed by atoms with E-state index in [2.05, 4.69) is 58.3 Å². The Kier molecular flexibility index (Phi) is 6.20. The maximum Gasteiger partial charge on any atom is 0.337 e. The van der Waals surface area contributed by atoms with E-state index in [4.69, 9.17) is 11.6 Å². The number of nitrogens with one attached hydrogen (secondary N) is 2. The molecule has 34 heavy (non-hydrogen) atoms. The van der Waals surface area contributed by atoms with Gasteiger partial charge in [0, 0.05) is 27.5 Å². The average Bonchev–Trinajstić information content (AvgIpc) is 2.85. The number of halogens is 1. The summed E-state index contributed by atoms with van der Waals surface area (Å²) in [7, 11) is 0. The fourth-order valence-electron chi connectivity index (χ4n) is 3.95. The Labute approximate surface area is 207 Å². The molecule has 1 heterocycles. The molecule has 0 aromatic heterocycles. The number of hydrogen-bond acceptors (Lipinski definition) is 5. The molecule has 4 aromatic rings. The second kappa shape index (κ2) is 9.43. The van der Waals surface area contributed by atoms with E-state index in [1.165, 1.54) is 5.56 Å². The monoisotopic (exact) mass is 487 g/mol. The van der Waals surface area contributed by atoms with Gasteiger partial charge in [0.05, 0.1) is 22.9 Å². The van der Waals surface area contributed by atoms with Crippen LogP contribution in [0.2, 0.25) is 5.02 Å². The van der Waals surface area contributed by atoms with Crippen molar-refractivity contribution in [3.05, 3.63) is 101 Å². The molecule has 0 atom stereocenters. The van der Waals surface area contributed by atoms with Gasteiger partial charge >= 0.3 is 5.97 Å². The first-order valence-corrected chi connectivity index (χ1v) is 12.0. The molecule has 5 nitrogen and oxygen atoms in total. The molecule has 0 radical (unpaired) electrons. The van der Waals surface area contributed by atoms with E-state index in [0.29, 0.717) is 6.67 Å². The first-order valence-electron chi connectivity index (χ1n) is 10.8. The van der Waals surface area contributed by atoms with Crippen molar-refractivity contribution in [2.75, 3.05) is 16.9 Å². The van der Waals surface area contributed by atoms with E-state index in [-0.39, 0.29) is 10.6 Å². The van der Waals surface area contributed by atoms with Gasteiger partial charge in [0.15, 0.2) is 0 Å². The quantitative estimate of drug-likeness (QED) is 0.254. The van der Waals surface area contributed by atoms with E-state index >= 15 is 0 Å². The number of nitrogens with zero attached hydrogens (tertiary/aromatic N) is 1. The largest absolute Gasteiger partial charge is 0.478 e. The third kappa shape index (κ3) is 4.48. The van der Waals surface area contributed by atoms with Crippen LogP contribution >= 0.6 is 23.5 Å². The van der Waals surface area contributed by atoms with Crippen molar-refractivity contribution in [1.29, 1.82) is 0 Å². The van der Waals surface area contributed by atoms with Gasteiger partial charge in [0.1, 0.15) is 0 Å². The number of carbonyl (C=O) groups is 1. The van der Waals surface area contributed by atoms with Gasteiger partial charge in [-0.25, -0.2) is 9.52 Å². The summed E-state index contributed by atoms with van der Waals surface area (Å²) in [6.45, 7) is 2.71. The molecule has 0 amide bonds. The number of carboxylic acid groups (broad SMARTS) is 1. The fourth-order valence-corrected chi connectivity index (χ4v) is 4.95. The highest BCUT2D eigenvalue weighted by Crippen LogP contribution is 2.44. The predicted octanol–water partition coefficient (Wildman–Crippen LogP) is 7.46. The Morgan fingerprint density at radius 1 is 1.03 bits per heavy atom. The third-order valence-corrected chi connectivity index (χ3v) is 6.85. The number of para-hydroxylation sites is 1. The number of benzene rings is 4. The van der Waals surface area contributed by atoms with Gasteiger partial charge in [-0.15, -0.1) is 0 Å². The summed E-state index contributed by atoms with van der Waals surface area (Å²) in [4.78, 5) is 15.0. The number of anilines is 4. The molecule has 1 aliphatic rings. The van der Waals surface area contributed by atoms with Crippen molar-refractivity contribution in [2.45, 2.75) is 11.8 Å². The van der Waals surface area contributed by atoms with E-state index in [1.54, 1.807) is 24.1 Å². The summed E-state index contributed by atoms with van der Waals surface area (Å²) in [5.41, 5.74) is 6.91. The highest BCUT2D eigenvalue weighted by molar-refractivity contribution is 7.97. The van der Waals surface area contributed by atoms with Crippen molar-refractivity contribution >= 4 is 52.3 Å². The number of rotatable bonds is 5. The van der Waals surface area contributed by atoms with Crippen LogP contribution in [0.15, 0.2) is 89.8 Å². The average molecular weight is 488 g/mol. The van der Waals surface area contributed by atoms with Crippen molar-refractivity contribution in [1.82, 2.24) is 4.72 Å². The highest BCUT2D eigenvalue weighted by Gasteiger charge is 2.22. The summed E-state index contributed by atoms with van der Waals surface area (Å²) in [5.74, 6) is -1.05. The van der Waals surface area contributed by atoms with Crippen LogP contribution in [-0.2, 0) is 0 Å². The number of carboxylic acids is 1. The molecule has 0 saturated carbocycles. The zero-order chi connectivity index (χ0) is 23.7. The summed E-state index contributed by atoms with van der Waals surface area (Å²) < 4.78 is 3.39. The van der Waals surface area contributed by atoms with Gasteiger partial charge in [0.25, 0.3) is 0 Å². The van der Waals surface area contributed by atoms with Gasteiger partial charge < -0.3 is 15.3 Å². The van der Waals surface area contributed by atoms with Gasteiger partial charge in [-0.1, -0.05) is 53.6 Å². The Morgan fingerprint density at radius 3 is 2.53 bits per heavy atom. The van der Waals surface area contributed by atoms with Crippen LogP contribution in [0.3, 0.4) is 0 Å². The molecule has 0 saturated heterocycles. The van der Waals surface area contributed by atoms with Gasteiger partial charge in [-0.2, -0.15) is 0 Å². The van der Waals surface area contributed by atoms with Crippen LogP contribution in [0.4, 0.5) is 22.7 Å². The topological polar surface area (TPSA) is 64.6 Å². The van der Waals surface area contributed by atoms with Crippen LogP contribution in [-0.4, -0.2) is 17.7 Å². The van der Waals surface area contributed by atoms with Crippen LogP contribution in [0, 0.1) is 6.92 Å². The lowest BCUT2D eigenvalue weighted by atomic mass is 9.99. The molecule has 7 heteroatoms. The van der Waals surface area contributed by atoms with Crippen LogP contribution in [0.5, 0.6) is 0 Å². The Hall–Kier alpha value is -3.45. The van der Waals surface area contributed by atoms with E-state index in [0.717, 1.165) is 38.8 Å². The Morgan fingerprint density at radius 2 is 1.79 bits per heavy atom. The SMILES string of the molecule is Cc1ccc(Nc2cc3c(cc2-c2ccc(Cl)c(C(=O)O)c2)SNCN3c2ccccc2)cc1. The number of hydrogen-bond donors (Lipinski definition) is 3. The molecular weight excluding hydrogens is 466 g/mol. The standard InChI is InChI=1S/C27H22ClN3O2S/c1-17-7-10-19(11-8-17)30-24-15-25-26(34-29-16-31(25)20-5-3-2-4-6-20)14-21(24)18-9-12-23(28)22(13-18)27(32)33/h2-15,29-30H,16H2,1H3,(H,32,33). The number of aryl methyl sites for hydroxylation is 1. The van der Waals surface area contributed by atoms with Crippen LogP contribution < -0.4 is 14.9 Å².